The number of alkyl halides is 2. The Hall–Kier alpha value is -3.46. The Labute approximate surface area is 212 Å². The third-order valence-corrected chi connectivity index (χ3v) is 7.45. The number of benzene rings is 2. The zero-order valence-corrected chi connectivity index (χ0v) is 20.4. The molecule has 2 bridgehead atoms. The van der Waals surface area contributed by atoms with Crippen LogP contribution in [-0.4, -0.2) is 41.5 Å². The Morgan fingerprint density at radius 2 is 1.76 bits per heavy atom. The first kappa shape index (κ1) is 25.2. The third-order valence-electron chi connectivity index (χ3n) is 7.45. The topological polar surface area (TPSA) is 57.3 Å². The average Bonchev–Trinajstić information content (AvgIpc) is 2.90. The summed E-state index contributed by atoms with van der Waals surface area (Å²) < 4.78 is 56.4. The first-order valence-electron chi connectivity index (χ1n) is 12.4. The standard InChI is InChI=1S/C28H28F4N4O/c1-16(19-3-2-4-20(26(19)30)27(31)32)34-28(37)22-13-21(17-5-9-33-10-6-17)23(29)14-24(22)35-25-15-36-11-7-18(25)8-12-36/h2-6,9-10,13-14,16,18,25,27,35H,7-8,11-12,15H2,1H3,(H,34,37)/t16-,25+/m1/s1. The molecule has 3 saturated heterocycles. The number of halogens is 4. The van der Waals surface area contributed by atoms with Gasteiger partial charge in [0.2, 0.25) is 0 Å². The van der Waals surface area contributed by atoms with Gasteiger partial charge < -0.3 is 15.5 Å². The van der Waals surface area contributed by atoms with Crippen LogP contribution in [0, 0.1) is 17.6 Å². The molecule has 5 nitrogen and oxygen atoms in total. The molecule has 6 rings (SSSR count). The Morgan fingerprint density at radius 1 is 1.05 bits per heavy atom. The summed E-state index contributed by atoms with van der Waals surface area (Å²) in [5.74, 6) is -1.68. The van der Waals surface area contributed by atoms with Gasteiger partial charge in [-0.25, -0.2) is 17.6 Å². The maximum atomic E-state index is 15.3. The van der Waals surface area contributed by atoms with Gasteiger partial charge >= 0.3 is 0 Å². The van der Waals surface area contributed by atoms with Crippen LogP contribution in [0.1, 0.15) is 53.7 Å². The van der Waals surface area contributed by atoms with Crippen molar-refractivity contribution in [1.29, 1.82) is 0 Å². The molecule has 9 heteroatoms. The summed E-state index contributed by atoms with van der Waals surface area (Å²) in [6.07, 6.45) is 2.17. The van der Waals surface area contributed by atoms with Crippen molar-refractivity contribution in [2.75, 3.05) is 25.0 Å². The summed E-state index contributed by atoms with van der Waals surface area (Å²) in [4.78, 5) is 19.8. The van der Waals surface area contributed by atoms with E-state index in [2.05, 4.69) is 20.5 Å². The van der Waals surface area contributed by atoms with E-state index < -0.39 is 35.6 Å². The van der Waals surface area contributed by atoms with E-state index in [4.69, 9.17) is 0 Å². The lowest BCUT2D eigenvalue weighted by atomic mass is 9.83. The van der Waals surface area contributed by atoms with E-state index in [1.54, 1.807) is 12.1 Å². The molecule has 0 saturated carbocycles. The van der Waals surface area contributed by atoms with Gasteiger partial charge in [-0.1, -0.05) is 18.2 Å². The first-order chi connectivity index (χ1) is 17.8. The highest BCUT2D eigenvalue weighted by atomic mass is 19.3. The number of piperidine rings is 3. The number of anilines is 1. The van der Waals surface area contributed by atoms with Gasteiger partial charge in [-0.2, -0.15) is 0 Å². The molecular formula is C28H28F4N4O. The average molecular weight is 513 g/mol. The van der Waals surface area contributed by atoms with Gasteiger partial charge in [0.15, 0.2) is 0 Å². The lowest BCUT2D eigenvalue weighted by Gasteiger charge is -2.45. The molecular weight excluding hydrogens is 484 g/mol. The fourth-order valence-corrected chi connectivity index (χ4v) is 5.39. The number of nitrogens with one attached hydrogen (secondary N) is 2. The van der Waals surface area contributed by atoms with E-state index in [-0.39, 0.29) is 22.7 Å². The van der Waals surface area contributed by atoms with Gasteiger partial charge in [0.05, 0.1) is 22.9 Å². The molecule has 2 aromatic carbocycles. The smallest absolute Gasteiger partial charge is 0.266 e. The Balaban J connectivity index is 1.48. The zero-order chi connectivity index (χ0) is 26.1. The third kappa shape index (κ3) is 5.18. The predicted molar refractivity (Wildman–Crippen MR) is 133 cm³/mol. The molecule has 3 fully saturated rings. The van der Waals surface area contributed by atoms with Gasteiger partial charge in [-0.05, 0) is 68.6 Å². The van der Waals surface area contributed by atoms with Crippen LogP contribution < -0.4 is 10.6 Å². The summed E-state index contributed by atoms with van der Waals surface area (Å²) in [5, 5.41) is 6.12. The van der Waals surface area contributed by atoms with E-state index in [1.807, 2.05) is 0 Å². The molecule has 0 aliphatic carbocycles. The summed E-state index contributed by atoms with van der Waals surface area (Å²) in [5.41, 5.74) is 0.562. The molecule has 0 radical (unpaired) electrons. The molecule has 3 aliphatic heterocycles. The van der Waals surface area contributed by atoms with Crippen LogP contribution in [0.2, 0.25) is 0 Å². The van der Waals surface area contributed by atoms with E-state index in [0.29, 0.717) is 17.2 Å². The molecule has 1 amide bonds. The fourth-order valence-electron chi connectivity index (χ4n) is 5.39. The van der Waals surface area contributed by atoms with E-state index in [0.717, 1.165) is 38.5 Å². The SMILES string of the molecule is C[C@@H](NC(=O)c1cc(-c2ccncc2)c(F)cc1N[C@H]1CN2CCC1CC2)c1cccc(C(F)F)c1F. The molecule has 2 N–H and O–H groups in total. The highest BCUT2D eigenvalue weighted by Gasteiger charge is 2.35. The number of amides is 1. The molecule has 2 atom stereocenters. The summed E-state index contributed by atoms with van der Waals surface area (Å²) in [6, 6.07) is 8.99. The minimum absolute atomic E-state index is 0.0467. The number of rotatable bonds is 7. The number of hydrogen-bond donors (Lipinski definition) is 2. The number of fused-ring (bicyclic) bond motifs is 3. The lowest BCUT2D eigenvalue weighted by molar-refractivity contribution is 0.0934. The van der Waals surface area contributed by atoms with Crippen LogP contribution in [0.15, 0.2) is 54.9 Å². The minimum Gasteiger partial charge on any atom is -0.380 e. The second kappa shape index (κ2) is 10.5. The maximum Gasteiger partial charge on any atom is 0.266 e. The highest BCUT2D eigenvalue weighted by molar-refractivity contribution is 6.01. The number of hydrogen-bond acceptors (Lipinski definition) is 4. The van der Waals surface area contributed by atoms with Crippen LogP contribution in [0.3, 0.4) is 0 Å². The Kier molecular flexibility index (Phi) is 7.15. The van der Waals surface area contributed by atoms with Crippen molar-refractivity contribution >= 4 is 11.6 Å². The second-order valence-corrected chi connectivity index (χ2v) is 9.75. The summed E-state index contributed by atoms with van der Waals surface area (Å²) in [6.45, 7) is 4.40. The largest absolute Gasteiger partial charge is 0.380 e. The van der Waals surface area contributed by atoms with Crippen molar-refractivity contribution in [2.45, 2.75) is 38.3 Å². The van der Waals surface area contributed by atoms with Gasteiger partial charge in [-0.15, -0.1) is 0 Å². The van der Waals surface area contributed by atoms with Gasteiger partial charge in [-0.3, -0.25) is 9.78 Å². The lowest BCUT2D eigenvalue weighted by Crippen LogP contribution is -2.53. The molecule has 37 heavy (non-hydrogen) atoms. The Morgan fingerprint density at radius 3 is 2.41 bits per heavy atom. The van der Waals surface area contributed by atoms with Crippen molar-refractivity contribution in [1.82, 2.24) is 15.2 Å². The van der Waals surface area contributed by atoms with Crippen LogP contribution in [0.25, 0.3) is 11.1 Å². The number of carbonyl (C=O) groups is 1. The zero-order valence-electron chi connectivity index (χ0n) is 20.4. The molecule has 1 aromatic heterocycles. The molecule has 4 heterocycles. The van der Waals surface area contributed by atoms with Crippen molar-refractivity contribution < 1.29 is 22.4 Å². The minimum atomic E-state index is -2.97. The molecule has 0 unspecified atom stereocenters. The van der Waals surface area contributed by atoms with E-state index in [9.17, 15) is 18.0 Å². The number of pyridine rings is 1. The maximum absolute atomic E-state index is 15.3. The fraction of sp³-hybridized carbons (Fsp3) is 0.357. The highest BCUT2D eigenvalue weighted by Crippen LogP contribution is 2.34. The number of nitrogens with zero attached hydrogens (tertiary/aromatic N) is 2. The number of aromatic nitrogens is 1. The molecule has 194 valence electrons. The normalized spacial score (nSPS) is 21.6. The summed E-state index contributed by atoms with van der Waals surface area (Å²) in [7, 11) is 0. The van der Waals surface area contributed by atoms with Crippen LogP contribution in [-0.2, 0) is 0 Å². The van der Waals surface area contributed by atoms with Gasteiger partial charge in [0.25, 0.3) is 12.3 Å². The van der Waals surface area contributed by atoms with Gasteiger partial charge in [0.1, 0.15) is 11.6 Å². The summed E-state index contributed by atoms with van der Waals surface area (Å²) >= 11 is 0. The van der Waals surface area contributed by atoms with Crippen molar-refractivity contribution in [3.63, 3.8) is 0 Å². The van der Waals surface area contributed by atoms with Crippen molar-refractivity contribution in [3.8, 4) is 11.1 Å². The van der Waals surface area contributed by atoms with E-state index >= 15 is 4.39 Å². The van der Waals surface area contributed by atoms with E-state index in [1.165, 1.54) is 43.6 Å². The molecule has 3 aromatic rings. The van der Waals surface area contributed by atoms with Crippen LogP contribution >= 0.6 is 0 Å². The first-order valence-corrected chi connectivity index (χ1v) is 12.4. The van der Waals surface area contributed by atoms with Crippen LogP contribution in [0.5, 0.6) is 0 Å². The van der Waals surface area contributed by atoms with Gasteiger partial charge in [0, 0.05) is 36.1 Å². The quantitative estimate of drug-likeness (QED) is 0.384. The number of carbonyl (C=O) groups excluding carboxylic acids is 1. The van der Waals surface area contributed by atoms with Crippen LogP contribution in [0.4, 0.5) is 23.2 Å². The molecule has 3 aliphatic rings. The van der Waals surface area contributed by atoms with Crippen molar-refractivity contribution in [2.24, 2.45) is 5.92 Å². The predicted octanol–water partition coefficient (Wildman–Crippen LogP) is 5.96. The monoisotopic (exact) mass is 512 g/mol. The Bertz CT molecular complexity index is 1280. The van der Waals surface area contributed by atoms with Crippen molar-refractivity contribution in [3.05, 3.63) is 83.2 Å². The molecule has 0 spiro atoms. The second-order valence-electron chi connectivity index (χ2n) is 9.75.